The first-order valence-electron chi connectivity index (χ1n) is 6.59. The van der Waals surface area contributed by atoms with Crippen LogP contribution in [0.1, 0.15) is 33.1 Å². The van der Waals surface area contributed by atoms with E-state index < -0.39 is 0 Å². The van der Waals surface area contributed by atoms with Gasteiger partial charge in [-0.1, -0.05) is 13.8 Å². The van der Waals surface area contributed by atoms with E-state index >= 15 is 0 Å². The Hall–Kier alpha value is 0.270. The van der Waals surface area contributed by atoms with E-state index in [0.717, 1.165) is 12.0 Å². The maximum absolute atomic E-state index is 3.65. The molecule has 3 heteroatoms. The van der Waals surface area contributed by atoms with Crippen molar-refractivity contribution in [1.29, 1.82) is 0 Å². The quantitative estimate of drug-likeness (QED) is 0.772. The summed E-state index contributed by atoms with van der Waals surface area (Å²) in [6.45, 7) is 7.10. The van der Waals surface area contributed by atoms with Gasteiger partial charge in [0.1, 0.15) is 0 Å². The zero-order valence-electron chi connectivity index (χ0n) is 11.3. The van der Waals surface area contributed by atoms with Gasteiger partial charge in [0.05, 0.1) is 0 Å². The second-order valence-electron chi connectivity index (χ2n) is 5.24. The summed E-state index contributed by atoms with van der Waals surface area (Å²) in [6, 6.07) is 1.46. The van der Waals surface area contributed by atoms with Crippen LogP contribution in [0.15, 0.2) is 0 Å². The third kappa shape index (κ3) is 4.64. The van der Waals surface area contributed by atoms with E-state index in [0.29, 0.717) is 6.04 Å². The van der Waals surface area contributed by atoms with Crippen molar-refractivity contribution in [2.45, 2.75) is 45.2 Å². The highest BCUT2D eigenvalue weighted by molar-refractivity contribution is 7.98. The van der Waals surface area contributed by atoms with Crippen molar-refractivity contribution in [2.24, 2.45) is 5.92 Å². The van der Waals surface area contributed by atoms with Crippen LogP contribution in [0.3, 0.4) is 0 Å². The maximum atomic E-state index is 3.65. The van der Waals surface area contributed by atoms with Crippen LogP contribution >= 0.6 is 11.8 Å². The van der Waals surface area contributed by atoms with E-state index in [-0.39, 0.29) is 0 Å². The van der Waals surface area contributed by atoms with Crippen LogP contribution in [0.25, 0.3) is 0 Å². The molecular formula is C13H28N2S. The molecule has 0 aromatic heterocycles. The Morgan fingerprint density at radius 2 is 2.25 bits per heavy atom. The van der Waals surface area contributed by atoms with Crippen LogP contribution in [-0.2, 0) is 0 Å². The Morgan fingerprint density at radius 1 is 1.50 bits per heavy atom. The Kier molecular flexibility index (Phi) is 6.78. The topological polar surface area (TPSA) is 15.3 Å². The minimum atomic E-state index is 0.713. The molecule has 1 aliphatic heterocycles. The van der Waals surface area contributed by atoms with Crippen LogP contribution in [0, 0.1) is 5.92 Å². The molecule has 1 saturated heterocycles. The fraction of sp³-hybridized carbons (Fsp3) is 1.00. The predicted molar refractivity (Wildman–Crippen MR) is 75.3 cm³/mol. The van der Waals surface area contributed by atoms with E-state index in [2.05, 4.69) is 37.4 Å². The van der Waals surface area contributed by atoms with Gasteiger partial charge in [-0.25, -0.2) is 0 Å². The van der Waals surface area contributed by atoms with Gasteiger partial charge in [0, 0.05) is 24.4 Å². The summed E-state index contributed by atoms with van der Waals surface area (Å²) in [6.07, 6.45) is 6.17. The third-order valence-electron chi connectivity index (χ3n) is 3.72. The minimum absolute atomic E-state index is 0.713. The number of likely N-dealkylation sites (N-methyl/N-ethyl adjacent to an activating group) is 1. The number of thioether (sulfide) groups is 1. The van der Waals surface area contributed by atoms with Gasteiger partial charge in [0.2, 0.25) is 0 Å². The molecule has 1 rings (SSSR count). The lowest BCUT2D eigenvalue weighted by atomic mass is 9.94. The van der Waals surface area contributed by atoms with Gasteiger partial charge in [-0.05, 0) is 45.0 Å². The molecule has 1 aliphatic rings. The average molecular weight is 244 g/mol. The van der Waals surface area contributed by atoms with Crippen LogP contribution in [0.4, 0.5) is 0 Å². The monoisotopic (exact) mass is 244 g/mol. The maximum Gasteiger partial charge on any atom is 0.0197 e. The van der Waals surface area contributed by atoms with Crippen molar-refractivity contribution in [3.05, 3.63) is 0 Å². The van der Waals surface area contributed by atoms with Crippen LogP contribution in [-0.4, -0.2) is 49.1 Å². The van der Waals surface area contributed by atoms with Crippen LogP contribution in [0.5, 0.6) is 0 Å². The summed E-state index contributed by atoms with van der Waals surface area (Å²) in [5, 5.41) is 3.65. The Balaban J connectivity index is 2.33. The van der Waals surface area contributed by atoms with Crippen molar-refractivity contribution in [3.63, 3.8) is 0 Å². The summed E-state index contributed by atoms with van der Waals surface area (Å²) in [5.74, 6) is 2.16. The van der Waals surface area contributed by atoms with Gasteiger partial charge in [-0.3, -0.25) is 0 Å². The summed E-state index contributed by atoms with van der Waals surface area (Å²) in [5.41, 5.74) is 0. The van der Waals surface area contributed by atoms with Crippen molar-refractivity contribution in [1.82, 2.24) is 10.2 Å². The number of rotatable bonds is 6. The third-order valence-corrected chi connectivity index (χ3v) is 4.44. The number of hydrogen-bond acceptors (Lipinski definition) is 3. The van der Waals surface area contributed by atoms with Crippen LogP contribution in [0.2, 0.25) is 0 Å². The number of nitrogens with zero attached hydrogens (tertiary/aromatic N) is 1. The molecule has 3 unspecified atom stereocenters. The lowest BCUT2D eigenvalue weighted by Crippen LogP contribution is -2.47. The van der Waals surface area contributed by atoms with Crippen LogP contribution < -0.4 is 5.32 Å². The number of piperidine rings is 1. The first-order chi connectivity index (χ1) is 7.67. The molecule has 16 heavy (non-hydrogen) atoms. The Bertz CT molecular complexity index is 187. The molecule has 2 nitrogen and oxygen atoms in total. The van der Waals surface area contributed by atoms with Crippen molar-refractivity contribution < 1.29 is 0 Å². The second kappa shape index (κ2) is 7.57. The van der Waals surface area contributed by atoms with Gasteiger partial charge in [0.15, 0.2) is 0 Å². The van der Waals surface area contributed by atoms with Gasteiger partial charge in [-0.2, -0.15) is 11.8 Å². The molecule has 0 saturated carbocycles. The summed E-state index contributed by atoms with van der Waals surface area (Å²) < 4.78 is 0. The van der Waals surface area contributed by atoms with Crippen molar-refractivity contribution in [3.8, 4) is 0 Å². The molecule has 0 aliphatic carbocycles. The lowest BCUT2D eigenvalue weighted by molar-refractivity contribution is 0.196. The summed E-state index contributed by atoms with van der Waals surface area (Å²) >= 11 is 1.96. The number of hydrogen-bond donors (Lipinski definition) is 1. The van der Waals surface area contributed by atoms with E-state index in [4.69, 9.17) is 0 Å². The number of nitrogens with one attached hydrogen (secondary N) is 1. The average Bonchev–Trinajstić information content (AvgIpc) is 2.25. The Labute approximate surface area is 106 Å². The van der Waals surface area contributed by atoms with Gasteiger partial charge >= 0.3 is 0 Å². The first-order valence-corrected chi connectivity index (χ1v) is 7.99. The minimum Gasteiger partial charge on any atom is -0.313 e. The normalized spacial score (nSPS) is 28.3. The molecule has 0 amide bonds. The molecular weight excluding hydrogens is 216 g/mol. The van der Waals surface area contributed by atoms with Gasteiger partial charge in [0.25, 0.3) is 0 Å². The molecule has 1 heterocycles. The molecule has 0 aromatic rings. The standard InChI is InChI=1S/C13H28N2S/c1-5-13(10-16-4)15(3)9-12-8-11(2)6-7-14-12/h11-14H,5-10H2,1-4H3. The molecule has 1 fully saturated rings. The second-order valence-corrected chi connectivity index (χ2v) is 6.15. The van der Waals surface area contributed by atoms with E-state index in [1.54, 1.807) is 0 Å². The zero-order valence-corrected chi connectivity index (χ0v) is 12.1. The first kappa shape index (κ1) is 14.3. The zero-order chi connectivity index (χ0) is 12.0. The highest BCUT2D eigenvalue weighted by Crippen LogP contribution is 2.17. The van der Waals surface area contributed by atoms with Gasteiger partial charge < -0.3 is 10.2 Å². The van der Waals surface area contributed by atoms with E-state index in [9.17, 15) is 0 Å². The summed E-state index contributed by atoms with van der Waals surface area (Å²) in [4.78, 5) is 2.55. The lowest BCUT2D eigenvalue weighted by Gasteiger charge is -2.34. The highest BCUT2D eigenvalue weighted by atomic mass is 32.2. The highest BCUT2D eigenvalue weighted by Gasteiger charge is 2.21. The molecule has 3 atom stereocenters. The fourth-order valence-corrected chi connectivity index (χ4v) is 3.48. The molecule has 0 aromatic carbocycles. The van der Waals surface area contributed by atoms with Gasteiger partial charge in [-0.15, -0.1) is 0 Å². The van der Waals surface area contributed by atoms with E-state index in [1.807, 2.05) is 11.8 Å². The Morgan fingerprint density at radius 3 is 2.81 bits per heavy atom. The molecule has 0 spiro atoms. The van der Waals surface area contributed by atoms with Crippen molar-refractivity contribution >= 4 is 11.8 Å². The van der Waals surface area contributed by atoms with E-state index in [1.165, 1.54) is 38.1 Å². The SMILES string of the molecule is CCC(CSC)N(C)CC1CC(C)CCN1. The fourth-order valence-electron chi connectivity index (χ4n) is 2.61. The summed E-state index contributed by atoms with van der Waals surface area (Å²) in [7, 11) is 2.28. The molecule has 0 radical (unpaired) electrons. The largest absolute Gasteiger partial charge is 0.313 e. The predicted octanol–water partition coefficient (Wildman–Crippen LogP) is 2.45. The van der Waals surface area contributed by atoms with Crippen molar-refractivity contribution in [2.75, 3.05) is 32.1 Å². The molecule has 96 valence electrons. The molecule has 0 bridgehead atoms. The smallest absolute Gasteiger partial charge is 0.0197 e. The molecule has 1 N–H and O–H groups in total.